The van der Waals surface area contributed by atoms with E-state index in [9.17, 15) is 19.7 Å². The maximum atomic E-state index is 12.2. The number of amides is 2. The molecule has 0 fully saturated rings. The third kappa shape index (κ3) is 5.31. The summed E-state index contributed by atoms with van der Waals surface area (Å²) in [6.07, 6.45) is 2.98. The van der Waals surface area contributed by atoms with Crippen molar-refractivity contribution in [1.29, 1.82) is 0 Å². The van der Waals surface area contributed by atoms with Gasteiger partial charge in [-0.1, -0.05) is 23.7 Å². The zero-order valence-corrected chi connectivity index (χ0v) is 17.3. The van der Waals surface area contributed by atoms with E-state index in [1.54, 1.807) is 54.6 Å². The van der Waals surface area contributed by atoms with E-state index in [1.165, 1.54) is 30.4 Å². The third-order valence-corrected chi connectivity index (χ3v) is 5.34. The fraction of sp³-hybridized carbons (Fsp3) is 0.0476. The van der Waals surface area contributed by atoms with Gasteiger partial charge in [-0.2, -0.15) is 0 Å². The summed E-state index contributed by atoms with van der Waals surface area (Å²) < 4.78 is 0. The lowest BCUT2D eigenvalue weighted by molar-refractivity contribution is -0.384. The van der Waals surface area contributed by atoms with Crippen molar-refractivity contribution in [2.45, 2.75) is 6.92 Å². The fourth-order valence-electron chi connectivity index (χ4n) is 2.66. The molecule has 0 bridgehead atoms. The predicted molar refractivity (Wildman–Crippen MR) is 120 cm³/mol. The van der Waals surface area contributed by atoms with Crippen molar-refractivity contribution in [3.8, 4) is 10.4 Å². The first kappa shape index (κ1) is 21.2. The molecule has 30 heavy (non-hydrogen) atoms. The van der Waals surface area contributed by atoms with Crippen LogP contribution in [0.5, 0.6) is 0 Å². The third-order valence-electron chi connectivity index (χ3n) is 3.94. The molecule has 0 spiro atoms. The molecule has 1 aromatic heterocycles. The van der Waals surface area contributed by atoms with Crippen LogP contribution in [-0.4, -0.2) is 16.7 Å². The number of nitrogens with one attached hydrogen (secondary N) is 2. The highest BCUT2D eigenvalue weighted by atomic mass is 35.5. The van der Waals surface area contributed by atoms with Gasteiger partial charge < -0.3 is 10.6 Å². The number of anilines is 2. The van der Waals surface area contributed by atoms with Gasteiger partial charge in [-0.15, -0.1) is 11.3 Å². The van der Waals surface area contributed by atoms with Crippen LogP contribution < -0.4 is 10.6 Å². The summed E-state index contributed by atoms with van der Waals surface area (Å²) in [7, 11) is 0. The molecule has 152 valence electrons. The Labute approximate surface area is 181 Å². The van der Waals surface area contributed by atoms with Gasteiger partial charge in [0.05, 0.1) is 21.2 Å². The number of nitrogens with zero attached hydrogens (tertiary/aromatic N) is 1. The average molecular weight is 442 g/mol. The number of carbonyl (C=O) groups excluding carboxylic acids is 2. The molecule has 3 rings (SSSR count). The van der Waals surface area contributed by atoms with Crippen molar-refractivity contribution in [2.24, 2.45) is 0 Å². The molecule has 2 N–H and O–H groups in total. The van der Waals surface area contributed by atoms with E-state index >= 15 is 0 Å². The molecule has 0 saturated carbocycles. The number of rotatable bonds is 6. The van der Waals surface area contributed by atoms with Crippen molar-refractivity contribution >= 4 is 57.9 Å². The second-order valence-corrected chi connectivity index (χ2v) is 7.70. The summed E-state index contributed by atoms with van der Waals surface area (Å²) in [5.74, 6) is -0.605. The second kappa shape index (κ2) is 9.34. The van der Waals surface area contributed by atoms with Crippen LogP contribution >= 0.6 is 22.9 Å². The second-order valence-electron chi connectivity index (χ2n) is 6.17. The average Bonchev–Trinajstić information content (AvgIpc) is 3.17. The minimum absolute atomic E-state index is 0.0324. The summed E-state index contributed by atoms with van der Waals surface area (Å²) in [6.45, 7) is 1.39. The van der Waals surface area contributed by atoms with Crippen LogP contribution in [0.25, 0.3) is 16.5 Å². The number of para-hydroxylation sites is 1. The van der Waals surface area contributed by atoms with Crippen molar-refractivity contribution in [2.75, 3.05) is 10.6 Å². The Bertz CT molecular complexity index is 1160. The monoisotopic (exact) mass is 441 g/mol. The van der Waals surface area contributed by atoms with Gasteiger partial charge in [0.25, 0.3) is 5.69 Å². The number of hydrogen-bond donors (Lipinski definition) is 2. The van der Waals surface area contributed by atoms with Crippen molar-refractivity contribution < 1.29 is 14.5 Å². The van der Waals surface area contributed by atoms with Gasteiger partial charge in [-0.3, -0.25) is 19.7 Å². The van der Waals surface area contributed by atoms with Gasteiger partial charge >= 0.3 is 0 Å². The molecule has 9 heteroatoms. The first-order valence-corrected chi connectivity index (χ1v) is 9.93. The van der Waals surface area contributed by atoms with Gasteiger partial charge in [0.15, 0.2) is 0 Å². The molecule has 0 aliphatic carbocycles. The normalized spacial score (nSPS) is 10.7. The van der Waals surface area contributed by atoms with Crippen LogP contribution in [0.15, 0.2) is 60.7 Å². The number of halogens is 1. The summed E-state index contributed by atoms with van der Waals surface area (Å²) in [5.41, 5.74) is 1.50. The largest absolute Gasteiger partial charge is 0.326 e. The molecule has 0 aliphatic rings. The minimum Gasteiger partial charge on any atom is -0.326 e. The Balaban J connectivity index is 1.69. The number of nitro benzene ring substituents is 1. The lowest BCUT2D eigenvalue weighted by Gasteiger charge is -2.07. The molecular weight excluding hydrogens is 426 g/mol. The van der Waals surface area contributed by atoms with Gasteiger partial charge in [0.2, 0.25) is 11.8 Å². The van der Waals surface area contributed by atoms with E-state index in [1.807, 2.05) is 0 Å². The summed E-state index contributed by atoms with van der Waals surface area (Å²) in [5, 5.41) is 16.8. The van der Waals surface area contributed by atoms with E-state index in [2.05, 4.69) is 10.6 Å². The predicted octanol–water partition coefficient (Wildman–Crippen LogP) is 5.59. The fourth-order valence-corrected chi connectivity index (χ4v) is 3.83. The zero-order chi connectivity index (χ0) is 21.7. The molecular formula is C21H16ClN3O4S. The quantitative estimate of drug-likeness (QED) is 0.296. The van der Waals surface area contributed by atoms with E-state index in [-0.39, 0.29) is 22.5 Å². The lowest BCUT2D eigenvalue weighted by Crippen LogP contribution is -2.09. The molecule has 2 amide bonds. The number of nitro groups is 1. The van der Waals surface area contributed by atoms with Gasteiger partial charge in [0, 0.05) is 34.5 Å². The molecule has 7 nitrogen and oxygen atoms in total. The summed E-state index contributed by atoms with van der Waals surface area (Å²) in [4.78, 5) is 35.6. The zero-order valence-electron chi connectivity index (χ0n) is 15.7. The number of carbonyl (C=O) groups is 2. The van der Waals surface area contributed by atoms with Gasteiger partial charge in [-0.25, -0.2) is 0 Å². The van der Waals surface area contributed by atoms with Crippen molar-refractivity contribution in [3.63, 3.8) is 0 Å². The van der Waals surface area contributed by atoms with Crippen LogP contribution in [0.1, 0.15) is 11.8 Å². The topological polar surface area (TPSA) is 101 Å². The Morgan fingerprint density at radius 3 is 2.57 bits per heavy atom. The molecule has 0 unspecified atom stereocenters. The van der Waals surface area contributed by atoms with E-state index < -0.39 is 4.92 Å². The van der Waals surface area contributed by atoms with E-state index in [0.29, 0.717) is 16.9 Å². The molecule has 0 radical (unpaired) electrons. The number of benzene rings is 2. The van der Waals surface area contributed by atoms with Crippen molar-refractivity contribution in [3.05, 3.63) is 80.7 Å². The number of hydrogen-bond acceptors (Lipinski definition) is 5. The molecule has 0 saturated heterocycles. The Morgan fingerprint density at radius 2 is 1.87 bits per heavy atom. The Morgan fingerprint density at radius 1 is 1.10 bits per heavy atom. The molecule has 1 heterocycles. The molecule has 0 aliphatic heterocycles. The SMILES string of the molecule is CC(=O)Nc1ccc(NC(=O)C=Cc2ccc(-c3ccccc3[N+](=O)[O-])s2)c(Cl)c1. The molecule has 2 aromatic carbocycles. The van der Waals surface area contributed by atoms with Gasteiger partial charge in [-0.05, 0) is 42.5 Å². The van der Waals surface area contributed by atoms with Gasteiger partial charge in [0.1, 0.15) is 0 Å². The highest BCUT2D eigenvalue weighted by molar-refractivity contribution is 7.16. The van der Waals surface area contributed by atoms with Crippen LogP contribution in [-0.2, 0) is 9.59 Å². The van der Waals surface area contributed by atoms with Crippen LogP contribution in [0, 0.1) is 10.1 Å². The highest BCUT2D eigenvalue weighted by Gasteiger charge is 2.15. The Hall–Kier alpha value is -3.49. The summed E-state index contributed by atoms with van der Waals surface area (Å²) in [6, 6.07) is 14.8. The smallest absolute Gasteiger partial charge is 0.278 e. The molecule has 3 aromatic rings. The van der Waals surface area contributed by atoms with Crippen LogP contribution in [0.2, 0.25) is 5.02 Å². The first-order valence-electron chi connectivity index (χ1n) is 8.73. The molecule has 0 atom stereocenters. The maximum absolute atomic E-state index is 12.2. The lowest BCUT2D eigenvalue weighted by atomic mass is 10.1. The minimum atomic E-state index is -0.418. The Kier molecular flexibility index (Phi) is 6.61. The first-order chi connectivity index (χ1) is 14.3. The van der Waals surface area contributed by atoms with E-state index in [4.69, 9.17) is 11.6 Å². The van der Waals surface area contributed by atoms with Crippen LogP contribution in [0.3, 0.4) is 0 Å². The number of thiophene rings is 1. The highest BCUT2D eigenvalue weighted by Crippen LogP contribution is 2.35. The standard InChI is InChI=1S/C21H16ClN3O4S/c1-13(26)23-14-6-9-18(17(22)12-14)24-21(27)11-8-15-7-10-20(30-15)16-4-2-3-5-19(16)25(28)29/h2-12H,1H3,(H,23,26)(H,24,27). The maximum Gasteiger partial charge on any atom is 0.278 e. The summed E-state index contributed by atoms with van der Waals surface area (Å²) >= 11 is 7.48. The van der Waals surface area contributed by atoms with E-state index in [0.717, 1.165) is 9.75 Å². The van der Waals surface area contributed by atoms with Crippen LogP contribution in [0.4, 0.5) is 17.1 Å². The van der Waals surface area contributed by atoms with Crippen molar-refractivity contribution in [1.82, 2.24) is 0 Å².